The normalized spacial score (nSPS) is 20.3. The second-order valence-corrected chi connectivity index (χ2v) is 5.78. The van der Waals surface area contributed by atoms with E-state index in [0.717, 1.165) is 42.5 Å². The summed E-state index contributed by atoms with van der Waals surface area (Å²) < 4.78 is 0. The van der Waals surface area contributed by atoms with E-state index in [1.807, 2.05) is 0 Å². The monoisotopic (exact) mass is 275 g/mol. The Hall–Kier alpha value is -1.16. The number of hydrogen-bond acceptors (Lipinski definition) is 3. The number of hydrogen-bond donors (Lipinski definition) is 1. The van der Waals surface area contributed by atoms with Crippen molar-refractivity contribution in [3.63, 3.8) is 0 Å². The van der Waals surface area contributed by atoms with Gasteiger partial charge in [0, 0.05) is 36.6 Å². The van der Waals surface area contributed by atoms with Crippen LogP contribution in [0, 0.1) is 6.92 Å². The predicted molar refractivity (Wildman–Crippen MR) is 79.4 cm³/mol. The highest BCUT2D eigenvalue weighted by molar-refractivity contribution is 6.30. The van der Waals surface area contributed by atoms with Gasteiger partial charge < -0.3 is 5.73 Å². The van der Waals surface area contributed by atoms with Crippen LogP contribution < -0.4 is 5.73 Å². The topological polar surface area (TPSA) is 42.1 Å². The molecule has 0 saturated carbocycles. The third-order valence-electron chi connectivity index (χ3n) is 3.70. The van der Waals surface area contributed by atoms with Crippen molar-refractivity contribution in [2.75, 3.05) is 13.1 Å². The van der Waals surface area contributed by atoms with Gasteiger partial charge in [0.25, 0.3) is 0 Å². The molecule has 1 aliphatic rings. The number of benzene rings is 1. The molecule has 1 aromatic heterocycles. The Balaban J connectivity index is 1.91. The molecule has 1 fully saturated rings. The Kier molecular flexibility index (Phi) is 3.44. The first-order valence-electron chi connectivity index (χ1n) is 6.65. The maximum absolute atomic E-state index is 6.30. The van der Waals surface area contributed by atoms with Gasteiger partial charge >= 0.3 is 0 Å². The van der Waals surface area contributed by atoms with Crippen LogP contribution in [0.2, 0.25) is 5.15 Å². The third kappa shape index (κ3) is 2.73. The lowest BCUT2D eigenvalue weighted by atomic mass is 10.1. The van der Waals surface area contributed by atoms with Crippen LogP contribution in [0.25, 0.3) is 10.9 Å². The first-order chi connectivity index (χ1) is 9.11. The SMILES string of the molecule is Cc1ccc2cc(CN3CC[C@H](N)C3)c(Cl)nc2c1. The minimum atomic E-state index is 0.301. The largest absolute Gasteiger partial charge is 0.326 e. The van der Waals surface area contributed by atoms with Gasteiger partial charge in [-0.1, -0.05) is 23.7 Å². The zero-order chi connectivity index (χ0) is 13.4. The third-order valence-corrected chi connectivity index (χ3v) is 4.03. The van der Waals surface area contributed by atoms with Crippen LogP contribution in [0.4, 0.5) is 0 Å². The van der Waals surface area contributed by atoms with Crippen LogP contribution in [0.15, 0.2) is 24.3 Å². The Labute approximate surface area is 118 Å². The van der Waals surface area contributed by atoms with Gasteiger partial charge in [-0.25, -0.2) is 4.98 Å². The predicted octanol–water partition coefficient (Wildman–Crippen LogP) is 2.73. The second kappa shape index (κ2) is 5.08. The minimum Gasteiger partial charge on any atom is -0.326 e. The number of fused-ring (bicyclic) bond motifs is 1. The van der Waals surface area contributed by atoms with Crippen LogP contribution in [0.3, 0.4) is 0 Å². The lowest BCUT2D eigenvalue weighted by Crippen LogP contribution is -2.26. The fraction of sp³-hybridized carbons (Fsp3) is 0.400. The fourth-order valence-electron chi connectivity index (χ4n) is 2.66. The summed E-state index contributed by atoms with van der Waals surface area (Å²) in [6.45, 7) is 4.89. The molecule has 1 aliphatic heterocycles. The number of nitrogens with zero attached hydrogens (tertiary/aromatic N) is 2. The summed E-state index contributed by atoms with van der Waals surface area (Å²) in [5.74, 6) is 0. The molecule has 3 rings (SSSR count). The molecule has 0 bridgehead atoms. The quantitative estimate of drug-likeness (QED) is 0.857. The molecule has 19 heavy (non-hydrogen) atoms. The van der Waals surface area contributed by atoms with Gasteiger partial charge in [-0.3, -0.25) is 4.90 Å². The first-order valence-corrected chi connectivity index (χ1v) is 7.03. The van der Waals surface area contributed by atoms with Crippen molar-refractivity contribution in [2.45, 2.75) is 25.9 Å². The Morgan fingerprint density at radius 2 is 2.26 bits per heavy atom. The Bertz CT molecular complexity index is 612. The molecule has 1 aromatic carbocycles. The zero-order valence-electron chi connectivity index (χ0n) is 11.1. The van der Waals surface area contributed by atoms with Gasteiger partial charge in [-0.05, 0) is 31.0 Å². The molecule has 0 spiro atoms. The van der Waals surface area contributed by atoms with E-state index in [0.29, 0.717) is 11.2 Å². The van der Waals surface area contributed by atoms with Crippen molar-refractivity contribution < 1.29 is 0 Å². The number of aromatic nitrogens is 1. The number of halogens is 1. The average molecular weight is 276 g/mol. The smallest absolute Gasteiger partial charge is 0.134 e. The molecule has 2 N–H and O–H groups in total. The fourth-order valence-corrected chi connectivity index (χ4v) is 2.86. The zero-order valence-corrected chi connectivity index (χ0v) is 11.8. The molecule has 1 saturated heterocycles. The standard InChI is InChI=1S/C15H18ClN3/c1-10-2-3-11-7-12(15(16)18-14(11)6-10)8-19-5-4-13(17)9-19/h2-3,6-7,13H,4-5,8-9,17H2,1H3/t13-/m0/s1. The Morgan fingerprint density at radius 1 is 1.42 bits per heavy atom. The van der Waals surface area contributed by atoms with E-state index in [-0.39, 0.29) is 0 Å². The van der Waals surface area contributed by atoms with Crippen LogP contribution >= 0.6 is 11.6 Å². The summed E-state index contributed by atoms with van der Waals surface area (Å²) in [6.07, 6.45) is 1.07. The molecule has 4 heteroatoms. The molecule has 0 amide bonds. The van der Waals surface area contributed by atoms with Gasteiger partial charge in [0.05, 0.1) is 5.52 Å². The van der Waals surface area contributed by atoms with Gasteiger partial charge in [0.2, 0.25) is 0 Å². The van der Waals surface area contributed by atoms with Gasteiger partial charge in [0.15, 0.2) is 0 Å². The van der Waals surface area contributed by atoms with Gasteiger partial charge in [-0.15, -0.1) is 0 Å². The van der Waals surface area contributed by atoms with Crippen LogP contribution in [-0.2, 0) is 6.54 Å². The summed E-state index contributed by atoms with van der Waals surface area (Å²) >= 11 is 6.30. The van der Waals surface area contributed by atoms with Crippen molar-refractivity contribution in [3.05, 3.63) is 40.5 Å². The number of nitrogens with two attached hydrogens (primary N) is 1. The van der Waals surface area contributed by atoms with Crippen molar-refractivity contribution in [3.8, 4) is 0 Å². The first kappa shape index (κ1) is 12.9. The lowest BCUT2D eigenvalue weighted by Gasteiger charge is -2.16. The average Bonchev–Trinajstić information content (AvgIpc) is 2.76. The van der Waals surface area contributed by atoms with Gasteiger partial charge in [-0.2, -0.15) is 0 Å². The van der Waals surface area contributed by atoms with E-state index in [4.69, 9.17) is 17.3 Å². The van der Waals surface area contributed by atoms with E-state index < -0.39 is 0 Å². The van der Waals surface area contributed by atoms with E-state index in [1.54, 1.807) is 0 Å². The molecule has 3 nitrogen and oxygen atoms in total. The molecule has 0 radical (unpaired) electrons. The van der Waals surface area contributed by atoms with Crippen molar-refractivity contribution >= 4 is 22.5 Å². The van der Waals surface area contributed by atoms with Gasteiger partial charge in [0.1, 0.15) is 5.15 Å². The summed E-state index contributed by atoms with van der Waals surface area (Å²) in [5, 5.41) is 1.76. The molecule has 0 aliphatic carbocycles. The highest BCUT2D eigenvalue weighted by atomic mass is 35.5. The van der Waals surface area contributed by atoms with Crippen LogP contribution in [0.1, 0.15) is 17.5 Å². The number of pyridine rings is 1. The highest BCUT2D eigenvalue weighted by Crippen LogP contribution is 2.23. The summed E-state index contributed by atoms with van der Waals surface area (Å²) in [7, 11) is 0. The van der Waals surface area contributed by atoms with E-state index in [9.17, 15) is 0 Å². The maximum atomic E-state index is 6.30. The maximum Gasteiger partial charge on any atom is 0.134 e. The molecule has 2 heterocycles. The van der Waals surface area contributed by atoms with Crippen molar-refractivity contribution in [2.24, 2.45) is 5.73 Å². The van der Waals surface area contributed by atoms with Crippen molar-refractivity contribution in [1.29, 1.82) is 0 Å². The highest BCUT2D eigenvalue weighted by Gasteiger charge is 2.20. The minimum absolute atomic E-state index is 0.301. The number of rotatable bonds is 2. The van der Waals surface area contributed by atoms with E-state index in [1.165, 1.54) is 5.56 Å². The summed E-state index contributed by atoms with van der Waals surface area (Å²) in [4.78, 5) is 6.85. The molecule has 100 valence electrons. The lowest BCUT2D eigenvalue weighted by molar-refractivity contribution is 0.327. The molecule has 0 unspecified atom stereocenters. The molecule has 2 aromatic rings. The van der Waals surface area contributed by atoms with Crippen LogP contribution in [-0.4, -0.2) is 29.0 Å². The van der Waals surface area contributed by atoms with Crippen LogP contribution in [0.5, 0.6) is 0 Å². The van der Waals surface area contributed by atoms with E-state index in [2.05, 4.69) is 41.1 Å². The number of likely N-dealkylation sites (tertiary alicyclic amines) is 1. The number of aryl methyl sites for hydroxylation is 1. The molecule has 1 atom stereocenters. The molecular formula is C15H18ClN3. The molecular weight excluding hydrogens is 258 g/mol. The Morgan fingerprint density at radius 3 is 3.00 bits per heavy atom. The second-order valence-electron chi connectivity index (χ2n) is 5.42. The summed E-state index contributed by atoms with van der Waals surface area (Å²) in [6, 6.07) is 8.72. The summed E-state index contributed by atoms with van der Waals surface area (Å²) in [5.41, 5.74) is 9.19. The van der Waals surface area contributed by atoms with Crippen molar-refractivity contribution in [1.82, 2.24) is 9.88 Å². The van der Waals surface area contributed by atoms with E-state index >= 15 is 0 Å².